The molecule has 0 aliphatic carbocycles. The number of aromatic nitrogens is 2. The minimum atomic E-state index is -0.155. The first-order valence-electron chi connectivity index (χ1n) is 8.27. The van der Waals surface area contributed by atoms with Gasteiger partial charge in [-0.1, -0.05) is 0 Å². The monoisotopic (exact) mass is 323 g/mol. The van der Waals surface area contributed by atoms with E-state index in [1.165, 1.54) is 0 Å². The Morgan fingerprint density at radius 1 is 1.43 bits per heavy atom. The van der Waals surface area contributed by atoms with E-state index in [0.29, 0.717) is 0 Å². The molecule has 1 saturated heterocycles. The predicted molar refractivity (Wildman–Crippen MR) is 91.0 cm³/mol. The third-order valence-electron chi connectivity index (χ3n) is 4.27. The van der Waals surface area contributed by atoms with Crippen LogP contribution >= 0.6 is 0 Å². The first-order chi connectivity index (χ1) is 10.9. The standard InChI is InChI=1S/C16H29N5O2/c1-11(2)21-13(4)15(12(3)19-21)18-16(22)17-14-6-7-20(10-14)8-9-23-5/h11,14H,6-10H2,1-5H3,(H2,17,18,22)/t14-/m1/s1. The number of aryl methyl sites for hydroxylation is 1. The van der Waals surface area contributed by atoms with Crippen molar-refractivity contribution >= 4 is 11.7 Å². The lowest BCUT2D eigenvalue weighted by Gasteiger charge is -2.16. The van der Waals surface area contributed by atoms with E-state index in [0.717, 1.165) is 49.7 Å². The molecule has 0 saturated carbocycles. The van der Waals surface area contributed by atoms with E-state index in [2.05, 4.69) is 34.5 Å². The number of rotatable bonds is 6. The van der Waals surface area contributed by atoms with Crippen LogP contribution in [0, 0.1) is 13.8 Å². The number of urea groups is 1. The Balaban J connectivity index is 1.89. The van der Waals surface area contributed by atoms with Gasteiger partial charge in [-0.05, 0) is 34.1 Å². The number of carbonyl (C=O) groups excluding carboxylic acids is 1. The summed E-state index contributed by atoms with van der Waals surface area (Å²) in [5.74, 6) is 0. The summed E-state index contributed by atoms with van der Waals surface area (Å²) in [6, 6.07) is 0.308. The van der Waals surface area contributed by atoms with Crippen LogP contribution in [0.15, 0.2) is 0 Å². The topological polar surface area (TPSA) is 71.4 Å². The maximum Gasteiger partial charge on any atom is 0.319 e. The number of nitrogens with zero attached hydrogens (tertiary/aromatic N) is 3. The number of carbonyl (C=O) groups is 1. The van der Waals surface area contributed by atoms with Crippen LogP contribution in [0.1, 0.15) is 37.7 Å². The zero-order valence-electron chi connectivity index (χ0n) is 14.8. The SMILES string of the molecule is COCCN1CC[C@@H](NC(=O)Nc2c(C)nn(C(C)C)c2C)C1. The van der Waals surface area contributed by atoms with E-state index in [4.69, 9.17) is 4.74 Å². The van der Waals surface area contributed by atoms with Crippen molar-refractivity contribution in [3.8, 4) is 0 Å². The fraction of sp³-hybridized carbons (Fsp3) is 0.750. The molecule has 7 heteroatoms. The van der Waals surface area contributed by atoms with Crippen molar-refractivity contribution < 1.29 is 9.53 Å². The highest BCUT2D eigenvalue weighted by Crippen LogP contribution is 2.22. The van der Waals surface area contributed by atoms with Crippen LogP contribution in [-0.4, -0.2) is 60.1 Å². The zero-order valence-corrected chi connectivity index (χ0v) is 14.8. The molecule has 1 aromatic rings. The summed E-state index contributed by atoms with van der Waals surface area (Å²) in [6.45, 7) is 11.6. The summed E-state index contributed by atoms with van der Waals surface area (Å²) in [5.41, 5.74) is 2.64. The summed E-state index contributed by atoms with van der Waals surface area (Å²) in [7, 11) is 1.71. The lowest BCUT2D eigenvalue weighted by molar-refractivity contribution is 0.160. The molecule has 0 aromatic carbocycles. The molecule has 2 N–H and O–H groups in total. The molecule has 130 valence electrons. The highest BCUT2D eigenvalue weighted by Gasteiger charge is 2.24. The largest absolute Gasteiger partial charge is 0.383 e. The van der Waals surface area contributed by atoms with Crippen molar-refractivity contribution in [3.05, 3.63) is 11.4 Å². The summed E-state index contributed by atoms with van der Waals surface area (Å²) in [5, 5.41) is 10.5. The van der Waals surface area contributed by atoms with Gasteiger partial charge in [0.25, 0.3) is 0 Å². The number of nitrogens with one attached hydrogen (secondary N) is 2. The van der Waals surface area contributed by atoms with Crippen molar-refractivity contribution in [2.45, 2.75) is 46.2 Å². The Hall–Kier alpha value is -1.60. The zero-order chi connectivity index (χ0) is 17.0. The Morgan fingerprint density at radius 2 is 2.17 bits per heavy atom. The maximum atomic E-state index is 12.3. The molecule has 1 aliphatic rings. The highest BCUT2D eigenvalue weighted by atomic mass is 16.5. The predicted octanol–water partition coefficient (Wildman–Crippen LogP) is 1.92. The van der Waals surface area contributed by atoms with Gasteiger partial charge in [0.05, 0.1) is 23.7 Å². The third kappa shape index (κ3) is 4.45. The van der Waals surface area contributed by atoms with Gasteiger partial charge >= 0.3 is 6.03 Å². The Morgan fingerprint density at radius 3 is 2.78 bits per heavy atom. The van der Waals surface area contributed by atoms with Crippen molar-refractivity contribution in [1.82, 2.24) is 20.0 Å². The van der Waals surface area contributed by atoms with Gasteiger partial charge < -0.3 is 15.4 Å². The van der Waals surface area contributed by atoms with Crippen LogP contribution in [-0.2, 0) is 4.74 Å². The number of ether oxygens (including phenoxy) is 1. The molecule has 7 nitrogen and oxygen atoms in total. The van der Waals surface area contributed by atoms with Crippen molar-refractivity contribution in [1.29, 1.82) is 0 Å². The van der Waals surface area contributed by atoms with Crippen LogP contribution in [0.25, 0.3) is 0 Å². The number of likely N-dealkylation sites (tertiary alicyclic amines) is 1. The van der Waals surface area contributed by atoms with E-state index >= 15 is 0 Å². The van der Waals surface area contributed by atoms with E-state index in [1.807, 2.05) is 18.5 Å². The summed E-state index contributed by atoms with van der Waals surface area (Å²) in [6.07, 6.45) is 0.973. The summed E-state index contributed by atoms with van der Waals surface area (Å²) in [4.78, 5) is 14.6. The molecular formula is C16H29N5O2. The molecule has 0 unspecified atom stereocenters. The maximum absolute atomic E-state index is 12.3. The van der Waals surface area contributed by atoms with E-state index in [9.17, 15) is 4.79 Å². The molecule has 2 amide bonds. The molecule has 2 heterocycles. The minimum absolute atomic E-state index is 0.155. The Labute approximate surface area is 138 Å². The van der Waals surface area contributed by atoms with Crippen molar-refractivity contribution in [3.63, 3.8) is 0 Å². The number of hydrogen-bond acceptors (Lipinski definition) is 4. The van der Waals surface area contributed by atoms with Gasteiger partial charge in [0.15, 0.2) is 0 Å². The second kappa shape index (κ2) is 7.79. The molecule has 1 aromatic heterocycles. The number of hydrogen-bond donors (Lipinski definition) is 2. The Kier molecular flexibility index (Phi) is 6.01. The van der Waals surface area contributed by atoms with Crippen molar-refractivity contribution in [2.75, 3.05) is 38.7 Å². The molecule has 1 fully saturated rings. The smallest absolute Gasteiger partial charge is 0.319 e. The van der Waals surface area contributed by atoms with Crippen LogP contribution in [0.2, 0.25) is 0 Å². The van der Waals surface area contributed by atoms with Gasteiger partial charge in [-0.2, -0.15) is 5.10 Å². The first-order valence-corrected chi connectivity index (χ1v) is 8.27. The summed E-state index contributed by atoms with van der Waals surface area (Å²) >= 11 is 0. The number of amides is 2. The van der Waals surface area contributed by atoms with Gasteiger partial charge in [0, 0.05) is 38.8 Å². The average Bonchev–Trinajstić information content (AvgIpc) is 3.04. The van der Waals surface area contributed by atoms with E-state index in [1.54, 1.807) is 7.11 Å². The second-order valence-corrected chi connectivity index (χ2v) is 6.46. The fourth-order valence-electron chi connectivity index (χ4n) is 3.06. The van der Waals surface area contributed by atoms with E-state index < -0.39 is 0 Å². The molecule has 2 rings (SSSR count). The van der Waals surface area contributed by atoms with Crippen LogP contribution in [0.3, 0.4) is 0 Å². The van der Waals surface area contributed by atoms with Crippen LogP contribution < -0.4 is 10.6 Å². The van der Waals surface area contributed by atoms with Crippen LogP contribution in [0.5, 0.6) is 0 Å². The number of anilines is 1. The van der Waals surface area contributed by atoms with Gasteiger partial charge in [0.2, 0.25) is 0 Å². The molecule has 0 radical (unpaired) electrons. The van der Waals surface area contributed by atoms with Gasteiger partial charge in [-0.3, -0.25) is 9.58 Å². The number of methoxy groups -OCH3 is 1. The Bertz CT molecular complexity index is 541. The van der Waals surface area contributed by atoms with E-state index in [-0.39, 0.29) is 18.1 Å². The molecule has 23 heavy (non-hydrogen) atoms. The second-order valence-electron chi connectivity index (χ2n) is 6.46. The van der Waals surface area contributed by atoms with Gasteiger partial charge in [0.1, 0.15) is 0 Å². The normalized spacial score (nSPS) is 18.6. The lowest BCUT2D eigenvalue weighted by Crippen LogP contribution is -2.40. The third-order valence-corrected chi connectivity index (χ3v) is 4.27. The van der Waals surface area contributed by atoms with Gasteiger partial charge in [-0.15, -0.1) is 0 Å². The molecule has 0 spiro atoms. The van der Waals surface area contributed by atoms with Gasteiger partial charge in [-0.25, -0.2) is 4.79 Å². The average molecular weight is 323 g/mol. The first kappa shape index (κ1) is 17.7. The molecular weight excluding hydrogens is 294 g/mol. The van der Waals surface area contributed by atoms with Crippen molar-refractivity contribution in [2.24, 2.45) is 0 Å². The van der Waals surface area contributed by atoms with Crippen LogP contribution in [0.4, 0.5) is 10.5 Å². The quantitative estimate of drug-likeness (QED) is 0.839. The molecule has 1 atom stereocenters. The summed E-state index contributed by atoms with van der Waals surface area (Å²) < 4.78 is 7.03. The highest BCUT2D eigenvalue weighted by molar-refractivity contribution is 5.90. The molecule has 0 bridgehead atoms. The lowest BCUT2D eigenvalue weighted by atomic mass is 10.2. The minimum Gasteiger partial charge on any atom is -0.383 e. The fourth-order valence-corrected chi connectivity index (χ4v) is 3.06. The molecule has 1 aliphatic heterocycles.